The SMILES string of the molecule is COc1c(Cl)cc(Cl)cc1C(=O)Nc1cc(N)ccc1N1CCN(C)CC1. The van der Waals surface area contributed by atoms with Gasteiger partial charge in [-0.2, -0.15) is 0 Å². The van der Waals surface area contributed by atoms with Crippen LogP contribution in [0.1, 0.15) is 10.4 Å². The van der Waals surface area contributed by atoms with Gasteiger partial charge in [-0.1, -0.05) is 23.2 Å². The van der Waals surface area contributed by atoms with E-state index in [0.717, 1.165) is 31.9 Å². The third kappa shape index (κ3) is 4.40. The highest BCUT2D eigenvalue weighted by molar-refractivity contribution is 6.36. The number of ether oxygens (including phenoxy) is 1. The van der Waals surface area contributed by atoms with Gasteiger partial charge in [-0.05, 0) is 37.4 Å². The van der Waals surface area contributed by atoms with Crippen LogP contribution in [0.3, 0.4) is 0 Å². The first-order chi connectivity index (χ1) is 12.9. The molecule has 1 amide bonds. The predicted molar refractivity (Wildman–Crippen MR) is 112 cm³/mol. The fourth-order valence-electron chi connectivity index (χ4n) is 3.10. The third-order valence-corrected chi connectivity index (χ3v) is 5.07. The van der Waals surface area contributed by atoms with Crippen LogP contribution in [0.4, 0.5) is 17.1 Å². The lowest BCUT2D eigenvalue weighted by Crippen LogP contribution is -2.44. The molecule has 1 fully saturated rings. The summed E-state index contributed by atoms with van der Waals surface area (Å²) >= 11 is 12.2. The summed E-state index contributed by atoms with van der Waals surface area (Å²) in [4.78, 5) is 17.4. The molecule has 1 aliphatic heterocycles. The van der Waals surface area contributed by atoms with Gasteiger partial charge in [-0.25, -0.2) is 0 Å². The second kappa shape index (κ2) is 8.25. The normalized spacial score (nSPS) is 14.9. The van der Waals surface area contributed by atoms with Crippen LogP contribution in [0.5, 0.6) is 5.75 Å². The van der Waals surface area contributed by atoms with Crippen LogP contribution in [0.2, 0.25) is 10.0 Å². The topological polar surface area (TPSA) is 70.8 Å². The van der Waals surface area contributed by atoms with E-state index in [2.05, 4.69) is 22.2 Å². The molecule has 0 spiro atoms. The summed E-state index contributed by atoms with van der Waals surface area (Å²) in [5.74, 6) is -0.0826. The Balaban J connectivity index is 1.92. The van der Waals surface area contributed by atoms with Crippen LogP contribution in [0.15, 0.2) is 30.3 Å². The number of amides is 1. The molecule has 144 valence electrons. The van der Waals surface area contributed by atoms with Gasteiger partial charge in [0.25, 0.3) is 5.91 Å². The number of methoxy groups -OCH3 is 1. The van der Waals surface area contributed by atoms with E-state index in [9.17, 15) is 4.79 Å². The minimum absolute atomic E-state index is 0.266. The predicted octanol–water partition coefficient (Wildman–Crippen LogP) is 3.59. The molecule has 0 radical (unpaired) electrons. The number of anilines is 3. The zero-order chi connectivity index (χ0) is 19.6. The second-order valence-electron chi connectivity index (χ2n) is 6.49. The Morgan fingerprint density at radius 2 is 1.85 bits per heavy atom. The van der Waals surface area contributed by atoms with Crippen molar-refractivity contribution < 1.29 is 9.53 Å². The van der Waals surface area contributed by atoms with E-state index in [1.807, 2.05) is 12.1 Å². The minimum atomic E-state index is -0.364. The van der Waals surface area contributed by atoms with Crippen molar-refractivity contribution >= 4 is 46.2 Å². The lowest BCUT2D eigenvalue weighted by Gasteiger charge is -2.35. The van der Waals surface area contributed by atoms with Crippen molar-refractivity contribution in [3.63, 3.8) is 0 Å². The highest BCUT2D eigenvalue weighted by Gasteiger charge is 2.21. The maximum Gasteiger partial charge on any atom is 0.259 e. The molecular formula is C19H22Cl2N4O2. The van der Waals surface area contributed by atoms with Gasteiger partial charge in [0, 0.05) is 36.9 Å². The van der Waals surface area contributed by atoms with Crippen molar-refractivity contribution in [3.05, 3.63) is 45.9 Å². The van der Waals surface area contributed by atoms with Crippen LogP contribution in [-0.2, 0) is 0 Å². The standard InChI is InChI=1S/C19H22Cl2N4O2/c1-24-5-7-25(8-6-24)17-4-3-13(22)11-16(17)23-19(26)14-9-12(20)10-15(21)18(14)27-2/h3-4,9-11H,5-8,22H2,1-2H3,(H,23,26). The molecule has 0 unspecified atom stereocenters. The first-order valence-corrected chi connectivity index (χ1v) is 9.32. The number of rotatable bonds is 4. The first kappa shape index (κ1) is 19.6. The molecule has 2 aromatic carbocycles. The molecule has 1 aliphatic rings. The molecule has 3 rings (SSSR count). The molecule has 3 N–H and O–H groups in total. The number of piperazine rings is 1. The molecular weight excluding hydrogens is 387 g/mol. The fourth-order valence-corrected chi connectivity index (χ4v) is 3.67. The molecule has 6 nitrogen and oxygen atoms in total. The van der Waals surface area contributed by atoms with Crippen molar-refractivity contribution in [2.45, 2.75) is 0 Å². The summed E-state index contributed by atoms with van der Waals surface area (Å²) in [5.41, 5.74) is 8.36. The summed E-state index contributed by atoms with van der Waals surface area (Å²) in [7, 11) is 3.56. The highest BCUT2D eigenvalue weighted by Crippen LogP contribution is 2.34. The molecule has 0 saturated carbocycles. The average molecular weight is 409 g/mol. The van der Waals surface area contributed by atoms with E-state index in [-0.39, 0.29) is 22.2 Å². The summed E-state index contributed by atoms with van der Waals surface area (Å²) in [6.45, 7) is 3.65. The van der Waals surface area contributed by atoms with E-state index in [4.69, 9.17) is 33.7 Å². The number of likely N-dealkylation sites (N-methyl/N-ethyl adjacent to an activating group) is 1. The number of halogens is 2. The van der Waals surface area contributed by atoms with E-state index >= 15 is 0 Å². The quantitative estimate of drug-likeness (QED) is 0.756. The lowest BCUT2D eigenvalue weighted by molar-refractivity contribution is 0.102. The number of hydrogen-bond donors (Lipinski definition) is 2. The van der Waals surface area contributed by atoms with E-state index in [1.165, 1.54) is 19.2 Å². The maximum atomic E-state index is 12.9. The van der Waals surface area contributed by atoms with Crippen molar-refractivity contribution in [1.82, 2.24) is 4.90 Å². The Morgan fingerprint density at radius 3 is 2.52 bits per heavy atom. The van der Waals surface area contributed by atoms with Gasteiger partial charge in [-0.3, -0.25) is 4.79 Å². The Morgan fingerprint density at radius 1 is 1.15 bits per heavy atom. The van der Waals surface area contributed by atoms with Crippen LogP contribution in [0, 0.1) is 0 Å². The molecule has 0 aromatic heterocycles. The molecule has 2 aromatic rings. The number of benzene rings is 2. The van der Waals surface area contributed by atoms with Gasteiger partial charge < -0.3 is 25.6 Å². The molecule has 27 heavy (non-hydrogen) atoms. The Hall–Kier alpha value is -2.15. The molecule has 8 heteroatoms. The fraction of sp³-hybridized carbons (Fsp3) is 0.316. The highest BCUT2D eigenvalue weighted by atomic mass is 35.5. The van der Waals surface area contributed by atoms with Gasteiger partial charge in [0.15, 0.2) is 0 Å². The van der Waals surface area contributed by atoms with E-state index < -0.39 is 0 Å². The maximum absolute atomic E-state index is 12.9. The Labute approximate surface area is 168 Å². The second-order valence-corrected chi connectivity index (χ2v) is 7.33. The van der Waals surface area contributed by atoms with E-state index in [0.29, 0.717) is 16.4 Å². The number of nitrogens with one attached hydrogen (secondary N) is 1. The summed E-state index contributed by atoms with van der Waals surface area (Å²) < 4.78 is 5.28. The van der Waals surface area contributed by atoms with Gasteiger partial charge >= 0.3 is 0 Å². The number of carbonyl (C=O) groups is 1. The third-order valence-electron chi connectivity index (χ3n) is 4.57. The van der Waals surface area contributed by atoms with Crippen LogP contribution < -0.4 is 20.7 Å². The number of nitrogens with zero attached hydrogens (tertiary/aromatic N) is 2. The monoisotopic (exact) mass is 408 g/mol. The van der Waals surface area contributed by atoms with Crippen molar-refractivity contribution in [3.8, 4) is 5.75 Å². The van der Waals surface area contributed by atoms with Crippen molar-refractivity contribution in [2.24, 2.45) is 0 Å². The van der Waals surface area contributed by atoms with Crippen LogP contribution >= 0.6 is 23.2 Å². The molecule has 1 heterocycles. The van der Waals surface area contributed by atoms with Gasteiger partial charge in [0.2, 0.25) is 0 Å². The smallest absolute Gasteiger partial charge is 0.259 e. The Kier molecular flexibility index (Phi) is 5.99. The summed E-state index contributed by atoms with van der Waals surface area (Å²) in [6, 6.07) is 8.58. The lowest BCUT2D eigenvalue weighted by atomic mass is 10.1. The molecule has 0 aliphatic carbocycles. The van der Waals surface area contributed by atoms with E-state index in [1.54, 1.807) is 6.07 Å². The molecule has 1 saturated heterocycles. The van der Waals surface area contributed by atoms with Crippen LogP contribution in [0.25, 0.3) is 0 Å². The van der Waals surface area contributed by atoms with Crippen molar-refractivity contribution in [2.75, 3.05) is 56.3 Å². The van der Waals surface area contributed by atoms with Crippen LogP contribution in [-0.4, -0.2) is 51.1 Å². The zero-order valence-electron chi connectivity index (χ0n) is 15.3. The van der Waals surface area contributed by atoms with Gasteiger partial charge in [0.05, 0.1) is 29.1 Å². The number of nitrogens with two attached hydrogens (primary N) is 1. The number of carbonyl (C=O) groups excluding carboxylic acids is 1. The number of nitrogen functional groups attached to an aromatic ring is 1. The summed E-state index contributed by atoms with van der Waals surface area (Å²) in [6.07, 6.45) is 0. The van der Waals surface area contributed by atoms with Crippen molar-refractivity contribution in [1.29, 1.82) is 0 Å². The summed E-state index contributed by atoms with van der Waals surface area (Å²) in [5, 5.41) is 3.57. The molecule has 0 bridgehead atoms. The van der Waals surface area contributed by atoms with Gasteiger partial charge in [-0.15, -0.1) is 0 Å². The number of hydrogen-bond acceptors (Lipinski definition) is 5. The zero-order valence-corrected chi connectivity index (χ0v) is 16.8. The average Bonchev–Trinajstić information content (AvgIpc) is 2.62. The molecule has 0 atom stereocenters. The largest absolute Gasteiger partial charge is 0.494 e. The first-order valence-electron chi connectivity index (χ1n) is 8.56. The Bertz CT molecular complexity index is 852. The minimum Gasteiger partial charge on any atom is -0.494 e. The van der Waals surface area contributed by atoms with Gasteiger partial charge in [0.1, 0.15) is 5.75 Å².